The highest BCUT2D eigenvalue weighted by Crippen LogP contribution is 2.29. The molecule has 208 valence electrons. The monoisotopic (exact) mass is 576 g/mol. The predicted molar refractivity (Wildman–Crippen MR) is 160 cm³/mol. The van der Waals surface area contributed by atoms with E-state index in [0.29, 0.717) is 34.8 Å². The first kappa shape index (κ1) is 28.1. The van der Waals surface area contributed by atoms with Crippen LogP contribution in [0, 0.1) is 6.92 Å². The second kappa shape index (κ2) is 12.0. The summed E-state index contributed by atoms with van der Waals surface area (Å²) in [5.74, 6) is -0.450. The van der Waals surface area contributed by atoms with Crippen LogP contribution in [-0.4, -0.2) is 47.0 Å². The molecule has 0 radical (unpaired) electrons. The van der Waals surface area contributed by atoms with Crippen LogP contribution in [0.1, 0.15) is 37.3 Å². The number of piperidine rings is 1. The summed E-state index contributed by atoms with van der Waals surface area (Å²) in [7, 11) is -3.75. The van der Waals surface area contributed by atoms with Gasteiger partial charge in [-0.25, -0.2) is 13.4 Å². The van der Waals surface area contributed by atoms with Crippen LogP contribution in [-0.2, 0) is 21.2 Å². The summed E-state index contributed by atoms with van der Waals surface area (Å²) in [5, 5.41) is 3.67. The number of carbonyl (C=O) groups is 1. The third-order valence-electron chi connectivity index (χ3n) is 7.02. The van der Waals surface area contributed by atoms with Crippen LogP contribution >= 0.6 is 11.8 Å². The number of carbonyl (C=O) groups excluding carboxylic acids is 1. The fraction of sp³-hybridized carbons (Fsp3) is 0.300. The van der Waals surface area contributed by atoms with Crippen LogP contribution in [0.4, 0.5) is 5.69 Å². The SMILES string of the molecule is CCc1ccc(-n2c(SCC(=O)Nc3ccc(C)cc3S(=O)(=O)N3CCCCC3)nc3ccccc3c2=O)cc1. The Kier molecular flexibility index (Phi) is 8.39. The highest BCUT2D eigenvalue weighted by atomic mass is 32.2. The molecular formula is C30H32N4O4S2. The molecule has 4 aromatic rings. The lowest BCUT2D eigenvalue weighted by atomic mass is 10.1. The van der Waals surface area contributed by atoms with E-state index in [4.69, 9.17) is 4.98 Å². The van der Waals surface area contributed by atoms with Gasteiger partial charge in [0.05, 0.1) is 28.0 Å². The maximum absolute atomic E-state index is 13.5. The number of thioether (sulfide) groups is 1. The Morgan fingerprint density at radius 2 is 1.73 bits per heavy atom. The number of fused-ring (bicyclic) bond motifs is 1. The van der Waals surface area contributed by atoms with Crippen molar-refractivity contribution in [3.63, 3.8) is 0 Å². The number of sulfonamides is 1. The van der Waals surface area contributed by atoms with Gasteiger partial charge in [0.15, 0.2) is 5.16 Å². The lowest BCUT2D eigenvalue weighted by molar-refractivity contribution is -0.113. The van der Waals surface area contributed by atoms with Gasteiger partial charge in [-0.15, -0.1) is 0 Å². The van der Waals surface area contributed by atoms with Crippen molar-refractivity contribution in [1.82, 2.24) is 13.9 Å². The first-order valence-corrected chi connectivity index (χ1v) is 15.8. The molecule has 2 heterocycles. The smallest absolute Gasteiger partial charge is 0.266 e. The average Bonchev–Trinajstić information content (AvgIpc) is 2.97. The van der Waals surface area contributed by atoms with E-state index in [1.807, 2.05) is 37.3 Å². The van der Waals surface area contributed by atoms with Crippen molar-refractivity contribution >= 4 is 44.3 Å². The van der Waals surface area contributed by atoms with Gasteiger partial charge in [-0.2, -0.15) is 4.31 Å². The fourth-order valence-corrected chi connectivity index (χ4v) is 7.39. The lowest BCUT2D eigenvalue weighted by Crippen LogP contribution is -2.36. The van der Waals surface area contributed by atoms with E-state index >= 15 is 0 Å². The molecule has 40 heavy (non-hydrogen) atoms. The third-order valence-corrected chi connectivity index (χ3v) is 9.90. The first-order chi connectivity index (χ1) is 19.3. The maximum atomic E-state index is 13.5. The molecule has 0 unspecified atom stereocenters. The Balaban J connectivity index is 1.43. The molecule has 1 aliphatic heterocycles. The van der Waals surface area contributed by atoms with Crippen molar-refractivity contribution in [3.8, 4) is 5.69 Å². The zero-order chi connectivity index (χ0) is 28.3. The molecule has 8 nitrogen and oxygen atoms in total. The number of benzene rings is 3. The van der Waals surface area contributed by atoms with Gasteiger partial charge in [-0.3, -0.25) is 14.2 Å². The lowest BCUT2D eigenvalue weighted by Gasteiger charge is -2.27. The summed E-state index contributed by atoms with van der Waals surface area (Å²) < 4.78 is 29.9. The Bertz CT molecular complexity index is 1710. The summed E-state index contributed by atoms with van der Waals surface area (Å²) in [6.07, 6.45) is 3.54. The van der Waals surface area contributed by atoms with Crippen LogP contribution in [0.15, 0.2) is 81.6 Å². The highest BCUT2D eigenvalue weighted by Gasteiger charge is 2.29. The van der Waals surface area contributed by atoms with E-state index in [2.05, 4.69) is 12.2 Å². The van der Waals surface area contributed by atoms with Gasteiger partial charge >= 0.3 is 0 Å². The molecule has 1 N–H and O–H groups in total. The molecule has 0 atom stereocenters. The topological polar surface area (TPSA) is 101 Å². The average molecular weight is 577 g/mol. The molecule has 1 amide bonds. The number of para-hydroxylation sites is 1. The molecule has 0 spiro atoms. The number of rotatable bonds is 8. The fourth-order valence-electron chi connectivity index (χ4n) is 4.82. The quantitative estimate of drug-likeness (QED) is 0.230. The van der Waals surface area contributed by atoms with Crippen molar-refractivity contribution in [3.05, 3.63) is 88.2 Å². The van der Waals surface area contributed by atoms with Crippen molar-refractivity contribution in [2.24, 2.45) is 0 Å². The van der Waals surface area contributed by atoms with Gasteiger partial charge in [0, 0.05) is 13.1 Å². The van der Waals surface area contributed by atoms with E-state index in [1.165, 1.54) is 8.87 Å². The summed E-state index contributed by atoms with van der Waals surface area (Å²) in [5.41, 5.74) is 3.18. The Labute approximate surface area is 238 Å². The van der Waals surface area contributed by atoms with Crippen LogP contribution in [0.2, 0.25) is 0 Å². The van der Waals surface area contributed by atoms with Crippen molar-refractivity contribution in [2.45, 2.75) is 49.6 Å². The Morgan fingerprint density at radius 1 is 1.00 bits per heavy atom. The summed E-state index contributed by atoms with van der Waals surface area (Å²) in [4.78, 5) is 31.5. The van der Waals surface area contributed by atoms with Gasteiger partial charge < -0.3 is 5.32 Å². The van der Waals surface area contributed by atoms with Crippen LogP contribution < -0.4 is 10.9 Å². The van der Waals surface area contributed by atoms with E-state index in [0.717, 1.165) is 48.6 Å². The van der Waals surface area contributed by atoms with Crippen LogP contribution in [0.5, 0.6) is 0 Å². The van der Waals surface area contributed by atoms with Gasteiger partial charge in [0.25, 0.3) is 5.56 Å². The molecule has 10 heteroatoms. The molecule has 3 aromatic carbocycles. The van der Waals surface area contributed by atoms with Gasteiger partial charge in [-0.1, -0.05) is 55.4 Å². The standard InChI is InChI=1S/C30H32N4O4S2/c1-3-22-12-14-23(15-13-22)34-29(36)24-9-5-6-10-25(24)32-30(34)39-20-28(35)31-26-16-11-21(2)19-27(26)40(37,38)33-17-7-4-8-18-33/h5-6,9-16,19H,3-4,7-8,17-18,20H2,1-2H3,(H,31,35). The number of nitrogens with zero attached hydrogens (tertiary/aromatic N) is 3. The molecule has 0 saturated carbocycles. The zero-order valence-corrected chi connectivity index (χ0v) is 24.2. The van der Waals surface area contributed by atoms with E-state index in [1.54, 1.807) is 36.4 Å². The number of anilines is 1. The Morgan fingerprint density at radius 3 is 2.45 bits per heavy atom. The summed E-state index contributed by atoms with van der Waals surface area (Å²) >= 11 is 1.13. The normalized spacial score (nSPS) is 14.3. The molecule has 1 fully saturated rings. The van der Waals surface area contributed by atoms with Crippen molar-refractivity contribution < 1.29 is 13.2 Å². The second-order valence-corrected chi connectivity index (χ2v) is 12.7. The van der Waals surface area contributed by atoms with Gasteiger partial charge in [0.1, 0.15) is 4.90 Å². The molecule has 5 rings (SSSR count). The highest BCUT2D eigenvalue weighted by molar-refractivity contribution is 7.99. The Hall–Kier alpha value is -3.47. The third kappa shape index (κ3) is 5.84. The number of amides is 1. The molecule has 1 saturated heterocycles. The van der Waals surface area contributed by atoms with E-state index < -0.39 is 10.0 Å². The summed E-state index contributed by atoms with van der Waals surface area (Å²) in [6, 6.07) is 19.9. The maximum Gasteiger partial charge on any atom is 0.266 e. The van der Waals surface area contributed by atoms with E-state index in [-0.39, 0.29) is 27.8 Å². The minimum absolute atomic E-state index is 0.0606. The van der Waals surface area contributed by atoms with Crippen molar-refractivity contribution in [1.29, 1.82) is 0 Å². The minimum Gasteiger partial charge on any atom is -0.324 e. The van der Waals surface area contributed by atoms with Crippen LogP contribution in [0.3, 0.4) is 0 Å². The zero-order valence-electron chi connectivity index (χ0n) is 22.6. The second-order valence-electron chi connectivity index (χ2n) is 9.87. The number of nitrogens with one attached hydrogen (secondary N) is 1. The number of hydrogen-bond acceptors (Lipinski definition) is 6. The van der Waals surface area contributed by atoms with Gasteiger partial charge in [-0.05, 0) is 73.7 Å². The van der Waals surface area contributed by atoms with Crippen LogP contribution in [0.25, 0.3) is 16.6 Å². The van der Waals surface area contributed by atoms with Crippen molar-refractivity contribution in [2.75, 3.05) is 24.2 Å². The number of aryl methyl sites for hydroxylation is 2. The number of aromatic nitrogens is 2. The predicted octanol–water partition coefficient (Wildman–Crippen LogP) is 5.16. The molecule has 0 bridgehead atoms. The molecular weight excluding hydrogens is 544 g/mol. The first-order valence-electron chi connectivity index (χ1n) is 13.4. The number of hydrogen-bond donors (Lipinski definition) is 1. The molecule has 1 aliphatic rings. The molecule has 1 aromatic heterocycles. The minimum atomic E-state index is -3.75. The van der Waals surface area contributed by atoms with E-state index in [9.17, 15) is 18.0 Å². The summed E-state index contributed by atoms with van der Waals surface area (Å²) in [6.45, 7) is 4.85. The molecule has 0 aliphatic carbocycles. The van der Waals surface area contributed by atoms with Gasteiger partial charge in [0.2, 0.25) is 15.9 Å². The largest absolute Gasteiger partial charge is 0.324 e.